The maximum absolute atomic E-state index is 12.6. The van der Waals surface area contributed by atoms with Gasteiger partial charge in [0.25, 0.3) is 0 Å². The molecule has 10 nitrogen and oxygen atoms in total. The van der Waals surface area contributed by atoms with Crippen molar-refractivity contribution < 1.29 is 14.3 Å². The molecule has 2 aliphatic rings. The number of likely N-dealkylation sites (tertiary alicyclic amines) is 1. The molecule has 4 amide bonds. The summed E-state index contributed by atoms with van der Waals surface area (Å²) < 4.78 is 7.08. The molecule has 156 valence electrons. The molecule has 1 saturated heterocycles. The second-order valence-corrected chi connectivity index (χ2v) is 7.51. The number of carbonyl (C=O) groups is 2. The Kier molecular flexibility index (Phi) is 6.71. The minimum Gasteiger partial charge on any atom is -0.385 e. The van der Waals surface area contributed by atoms with Crippen molar-refractivity contribution in [2.45, 2.75) is 44.8 Å². The highest BCUT2D eigenvalue weighted by Gasteiger charge is 2.34. The lowest BCUT2D eigenvalue weighted by Crippen LogP contribution is -2.46. The van der Waals surface area contributed by atoms with Crippen LogP contribution in [0.1, 0.15) is 43.4 Å². The number of ether oxygens (including phenoxy) is 1. The van der Waals surface area contributed by atoms with Crippen LogP contribution in [0.3, 0.4) is 0 Å². The molecule has 0 aliphatic carbocycles. The lowest BCUT2D eigenvalue weighted by atomic mass is 10.0. The standard InChI is InChI=1S/C18H31N7O3/c1-22(2)18(27)24-9-5-4-7-14(24)16-21-20-15-13-23(10-11-25(15)16)17(26)19-8-6-12-28-3/h14H,4-13H2,1-3H3,(H,19,26). The maximum atomic E-state index is 12.6. The molecule has 28 heavy (non-hydrogen) atoms. The fraction of sp³-hybridized carbons (Fsp3) is 0.778. The van der Waals surface area contributed by atoms with Crippen LogP contribution in [0.5, 0.6) is 0 Å². The zero-order chi connectivity index (χ0) is 20.1. The molecular formula is C18H31N7O3. The molecule has 0 bridgehead atoms. The van der Waals surface area contributed by atoms with Crippen molar-refractivity contribution in [2.24, 2.45) is 0 Å². The van der Waals surface area contributed by atoms with Gasteiger partial charge in [0, 0.05) is 54.0 Å². The van der Waals surface area contributed by atoms with Crippen LogP contribution in [0.4, 0.5) is 9.59 Å². The number of hydrogen-bond acceptors (Lipinski definition) is 5. The minimum atomic E-state index is -0.0889. The average molecular weight is 393 g/mol. The number of fused-ring (bicyclic) bond motifs is 1. The van der Waals surface area contributed by atoms with Gasteiger partial charge in [-0.05, 0) is 25.7 Å². The van der Waals surface area contributed by atoms with Crippen LogP contribution in [0.25, 0.3) is 0 Å². The van der Waals surface area contributed by atoms with Crippen LogP contribution in [-0.2, 0) is 17.8 Å². The highest BCUT2D eigenvalue weighted by atomic mass is 16.5. The Balaban J connectivity index is 1.67. The molecule has 1 atom stereocenters. The molecule has 2 aliphatic heterocycles. The van der Waals surface area contributed by atoms with Gasteiger partial charge in [-0.25, -0.2) is 9.59 Å². The third-order valence-electron chi connectivity index (χ3n) is 5.30. The highest BCUT2D eigenvalue weighted by Crippen LogP contribution is 2.31. The van der Waals surface area contributed by atoms with E-state index in [0.29, 0.717) is 32.8 Å². The van der Waals surface area contributed by atoms with Gasteiger partial charge in [0.1, 0.15) is 0 Å². The third kappa shape index (κ3) is 4.37. The van der Waals surface area contributed by atoms with E-state index in [1.165, 1.54) is 0 Å². The number of methoxy groups -OCH3 is 1. The number of aromatic nitrogens is 3. The third-order valence-corrected chi connectivity index (χ3v) is 5.30. The van der Waals surface area contributed by atoms with E-state index in [4.69, 9.17) is 4.74 Å². The molecule has 1 aromatic rings. The predicted molar refractivity (Wildman–Crippen MR) is 103 cm³/mol. The van der Waals surface area contributed by atoms with Crippen LogP contribution in [0, 0.1) is 0 Å². The number of amides is 4. The van der Waals surface area contributed by atoms with E-state index in [9.17, 15) is 9.59 Å². The Morgan fingerprint density at radius 2 is 2.04 bits per heavy atom. The zero-order valence-electron chi connectivity index (χ0n) is 17.1. The maximum Gasteiger partial charge on any atom is 0.320 e. The van der Waals surface area contributed by atoms with E-state index < -0.39 is 0 Å². The van der Waals surface area contributed by atoms with Crippen molar-refractivity contribution >= 4 is 12.1 Å². The van der Waals surface area contributed by atoms with Gasteiger partial charge in [-0.2, -0.15) is 0 Å². The van der Waals surface area contributed by atoms with E-state index >= 15 is 0 Å². The molecule has 3 rings (SSSR count). The molecule has 0 saturated carbocycles. The Morgan fingerprint density at radius 3 is 2.79 bits per heavy atom. The molecule has 0 aromatic carbocycles. The number of nitrogens with one attached hydrogen (secondary N) is 1. The fourth-order valence-corrected chi connectivity index (χ4v) is 3.81. The lowest BCUT2D eigenvalue weighted by molar-refractivity contribution is 0.122. The summed E-state index contributed by atoms with van der Waals surface area (Å²) in [5.74, 6) is 1.61. The van der Waals surface area contributed by atoms with Crippen molar-refractivity contribution in [1.82, 2.24) is 34.8 Å². The molecule has 3 heterocycles. The highest BCUT2D eigenvalue weighted by molar-refractivity contribution is 5.74. The molecule has 1 fully saturated rings. The molecule has 0 spiro atoms. The zero-order valence-corrected chi connectivity index (χ0v) is 17.1. The Labute approximate surface area is 165 Å². The first kappa shape index (κ1) is 20.4. The normalized spacial score (nSPS) is 19.3. The van der Waals surface area contributed by atoms with Gasteiger partial charge in [-0.15, -0.1) is 10.2 Å². The summed E-state index contributed by atoms with van der Waals surface area (Å²) in [6, 6.07) is -0.136. The second-order valence-electron chi connectivity index (χ2n) is 7.51. The average Bonchev–Trinajstić information content (AvgIpc) is 3.13. The number of piperidine rings is 1. The summed E-state index contributed by atoms with van der Waals surface area (Å²) in [5.41, 5.74) is 0. The SMILES string of the molecule is COCCCNC(=O)N1CCn2c(nnc2C2CCCCN2C(=O)N(C)C)C1. The van der Waals surface area contributed by atoms with Crippen molar-refractivity contribution in [3.05, 3.63) is 11.6 Å². The summed E-state index contributed by atoms with van der Waals surface area (Å²) in [6.45, 7) is 3.62. The Morgan fingerprint density at radius 1 is 1.21 bits per heavy atom. The van der Waals surface area contributed by atoms with Crippen molar-refractivity contribution in [2.75, 3.05) is 47.4 Å². The first-order valence-corrected chi connectivity index (χ1v) is 9.94. The lowest BCUT2D eigenvalue weighted by Gasteiger charge is -2.37. The van der Waals surface area contributed by atoms with Gasteiger partial charge in [0.2, 0.25) is 0 Å². The second kappa shape index (κ2) is 9.22. The number of nitrogens with zero attached hydrogens (tertiary/aromatic N) is 6. The van der Waals surface area contributed by atoms with Gasteiger partial charge in [0.05, 0.1) is 12.6 Å². The molecule has 10 heteroatoms. The Bertz CT molecular complexity index is 691. The van der Waals surface area contributed by atoms with Gasteiger partial charge in [-0.1, -0.05) is 0 Å². The first-order chi connectivity index (χ1) is 13.5. The van der Waals surface area contributed by atoms with Crippen LogP contribution in [-0.4, -0.2) is 89.0 Å². The minimum absolute atomic E-state index is 0.00919. The van der Waals surface area contributed by atoms with Crippen molar-refractivity contribution in [3.63, 3.8) is 0 Å². The predicted octanol–water partition coefficient (Wildman–Crippen LogP) is 1.05. The van der Waals surface area contributed by atoms with Crippen LogP contribution in [0.15, 0.2) is 0 Å². The van der Waals surface area contributed by atoms with Crippen LogP contribution < -0.4 is 5.32 Å². The number of hydrogen-bond donors (Lipinski definition) is 1. The molecular weight excluding hydrogens is 362 g/mol. The topological polar surface area (TPSA) is 95.8 Å². The quantitative estimate of drug-likeness (QED) is 0.755. The van der Waals surface area contributed by atoms with Gasteiger partial charge in [-0.3, -0.25) is 0 Å². The number of urea groups is 2. The van der Waals surface area contributed by atoms with Crippen molar-refractivity contribution in [3.8, 4) is 0 Å². The summed E-state index contributed by atoms with van der Waals surface area (Å²) in [4.78, 5) is 30.2. The summed E-state index contributed by atoms with van der Waals surface area (Å²) in [6.07, 6.45) is 3.75. The van der Waals surface area contributed by atoms with E-state index in [-0.39, 0.29) is 18.1 Å². The smallest absolute Gasteiger partial charge is 0.320 e. The molecule has 1 aromatic heterocycles. The van der Waals surface area contributed by atoms with Gasteiger partial charge in [0.15, 0.2) is 11.6 Å². The van der Waals surface area contributed by atoms with E-state index in [1.807, 2.05) is 4.90 Å². The van der Waals surface area contributed by atoms with E-state index in [0.717, 1.165) is 43.9 Å². The molecule has 1 N–H and O–H groups in total. The fourth-order valence-electron chi connectivity index (χ4n) is 3.81. The van der Waals surface area contributed by atoms with E-state index in [1.54, 1.807) is 31.0 Å². The van der Waals surface area contributed by atoms with Gasteiger partial charge >= 0.3 is 12.1 Å². The Hall–Kier alpha value is -2.36. The summed E-state index contributed by atoms with van der Waals surface area (Å²) in [5, 5.41) is 11.7. The largest absolute Gasteiger partial charge is 0.385 e. The summed E-state index contributed by atoms with van der Waals surface area (Å²) >= 11 is 0. The number of rotatable bonds is 5. The van der Waals surface area contributed by atoms with Crippen molar-refractivity contribution in [1.29, 1.82) is 0 Å². The molecule has 1 unspecified atom stereocenters. The monoisotopic (exact) mass is 393 g/mol. The van der Waals surface area contributed by atoms with Crippen LogP contribution in [0.2, 0.25) is 0 Å². The summed E-state index contributed by atoms with van der Waals surface area (Å²) in [7, 11) is 5.20. The number of carbonyl (C=O) groups excluding carboxylic acids is 2. The van der Waals surface area contributed by atoms with Gasteiger partial charge < -0.3 is 29.3 Å². The molecule has 0 radical (unpaired) electrons. The first-order valence-electron chi connectivity index (χ1n) is 9.94. The van der Waals surface area contributed by atoms with Crippen LogP contribution >= 0.6 is 0 Å². The van der Waals surface area contributed by atoms with E-state index in [2.05, 4.69) is 20.1 Å².